The Balaban J connectivity index is 1.84. The number of aromatic nitrogens is 2. The van der Waals surface area contributed by atoms with Gasteiger partial charge in [-0.05, 0) is 18.8 Å². The lowest BCUT2D eigenvalue weighted by atomic mass is 9.97. The number of carbonyl (C=O) groups is 1. The van der Waals surface area contributed by atoms with Gasteiger partial charge in [-0.15, -0.1) is 0 Å². The van der Waals surface area contributed by atoms with Crippen LogP contribution in [-0.2, 0) is 4.79 Å². The van der Waals surface area contributed by atoms with E-state index in [4.69, 9.17) is 5.73 Å². The number of hydrogen-bond donors (Lipinski definition) is 2. The number of nitrogens with zero attached hydrogens (tertiary/aromatic N) is 4. The maximum Gasteiger partial charge on any atom is 0.471 e. The third-order valence-corrected chi connectivity index (χ3v) is 3.69. The summed E-state index contributed by atoms with van der Waals surface area (Å²) in [6.45, 7) is 0.410. The second kappa shape index (κ2) is 6.84. The number of rotatable bonds is 4. The molecule has 1 saturated heterocycles. The molecule has 2 heterocycles. The monoisotopic (exact) mass is 348 g/mol. The van der Waals surface area contributed by atoms with Gasteiger partial charge in [0.25, 0.3) is 0 Å². The lowest BCUT2D eigenvalue weighted by molar-refractivity contribution is -0.384. The smallest absolute Gasteiger partial charge is 0.378 e. The van der Waals surface area contributed by atoms with Crippen molar-refractivity contribution in [3.63, 3.8) is 0 Å². The van der Waals surface area contributed by atoms with Gasteiger partial charge < -0.3 is 16.0 Å². The van der Waals surface area contributed by atoms with Crippen LogP contribution in [0.4, 0.5) is 30.6 Å². The van der Waals surface area contributed by atoms with Gasteiger partial charge in [0.2, 0.25) is 11.8 Å². The normalized spacial score (nSPS) is 16.0. The Hall–Kier alpha value is -2.66. The molecule has 0 unspecified atom stereocenters. The molecule has 1 aromatic heterocycles. The Kier molecular flexibility index (Phi) is 5.04. The van der Waals surface area contributed by atoms with Crippen LogP contribution in [0, 0.1) is 16.0 Å². The molecule has 1 fully saturated rings. The number of anilines is 2. The molecule has 0 aliphatic carbocycles. The van der Waals surface area contributed by atoms with Gasteiger partial charge in [-0.1, -0.05) is 0 Å². The first-order valence-corrected chi connectivity index (χ1v) is 7.05. The van der Waals surface area contributed by atoms with Crippen molar-refractivity contribution in [2.45, 2.75) is 19.0 Å². The molecule has 0 saturated carbocycles. The van der Waals surface area contributed by atoms with E-state index < -0.39 is 22.7 Å². The number of nitrogens with two attached hydrogens (primary N) is 1. The number of nitro groups is 1. The average molecular weight is 348 g/mol. The fraction of sp³-hybridized carbons (Fsp3) is 0.583. The molecule has 0 radical (unpaired) electrons. The Bertz CT molecular complexity index is 631. The van der Waals surface area contributed by atoms with E-state index in [2.05, 4.69) is 15.3 Å². The van der Waals surface area contributed by atoms with Crippen LogP contribution in [0.1, 0.15) is 12.8 Å². The van der Waals surface area contributed by atoms with Crippen LogP contribution in [0.3, 0.4) is 0 Å². The minimum absolute atomic E-state index is 0.0218. The summed E-state index contributed by atoms with van der Waals surface area (Å²) in [6, 6.07) is 0. The van der Waals surface area contributed by atoms with E-state index in [-0.39, 0.29) is 30.8 Å². The summed E-state index contributed by atoms with van der Waals surface area (Å²) in [5, 5.41) is 13.5. The van der Waals surface area contributed by atoms with Crippen LogP contribution in [0.25, 0.3) is 0 Å². The molecule has 0 aromatic carbocycles. The molecule has 0 bridgehead atoms. The van der Waals surface area contributed by atoms with Crippen molar-refractivity contribution in [2.24, 2.45) is 5.92 Å². The number of nitrogen functional groups attached to an aromatic ring is 1. The van der Waals surface area contributed by atoms with Crippen LogP contribution in [-0.4, -0.2) is 51.5 Å². The van der Waals surface area contributed by atoms with Gasteiger partial charge in [-0.25, -0.2) is 4.98 Å². The molecule has 132 valence electrons. The van der Waals surface area contributed by atoms with Crippen LogP contribution >= 0.6 is 0 Å². The van der Waals surface area contributed by atoms with E-state index in [0.29, 0.717) is 19.4 Å². The minimum Gasteiger partial charge on any atom is -0.378 e. The summed E-state index contributed by atoms with van der Waals surface area (Å²) in [5.41, 5.74) is 5.04. The fourth-order valence-electron chi connectivity index (χ4n) is 2.37. The first kappa shape index (κ1) is 17.7. The van der Waals surface area contributed by atoms with Gasteiger partial charge >= 0.3 is 17.8 Å². The average Bonchev–Trinajstić information content (AvgIpc) is 2.51. The van der Waals surface area contributed by atoms with E-state index in [1.165, 1.54) is 0 Å². The Morgan fingerprint density at radius 1 is 1.46 bits per heavy atom. The second-order valence-corrected chi connectivity index (χ2v) is 5.34. The van der Waals surface area contributed by atoms with E-state index in [1.54, 1.807) is 0 Å². The lowest BCUT2D eigenvalue weighted by Gasteiger charge is -2.32. The number of carbonyl (C=O) groups excluding carboxylic acids is 1. The number of halogens is 3. The number of nitrogens with one attached hydrogen (secondary N) is 1. The first-order chi connectivity index (χ1) is 11.2. The highest BCUT2D eigenvalue weighted by Crippen LogP contribution is 2.24. The largest absolute Gasteiger partial charge is 0.471 e. The number of piperidine rings is 1. The highest BCUT2D eigenvalue weighted by atomic mass is 19.4. The van der Waals surface area contributed by atoms with E-state index in [1.807, 2.05) is 0 Å². The van der Waals surface area contributed by atoms with Crippen molar-refractivity contribution in [3.8, 4) is 0 Å². The maximum absolute atomic E-state index is 12.3. The van der Waals surface area contributed by atoms with Gasteiger partial charge in [0, 0.05) is 19.6 Å². The van der Waals surface area contributed by atoms with Gasteiger partial charge in [0.1, 0.15) is 6.20 Å². The molecule has 9 nitrogen and oxygen atoms in total. The summed E-state index contributed by atoms with van der Waals surface area (Å²) in [5.74, 6) is -1.96. The summed E-state index contributed by atoms with van der Waals surface area (Å²) in [7, 11) is 0. The number of likely N-dealkylation sites (tertiary alicyclic amines) is 1. The SMILES string of the molecule is Nc1nc(NCC2CCN(C(=O)C(F)(F)F)CC2)ncc1[N+](=O)[O-]. The molecule has 24 heavy (non-hydrogen) atoms. The summed E-state index contributed by atoms with van der Waals surface area (Å²) < 4.78 is 37.0. The van der Waals surface area contributed by atoms with E-state index in [9.17, 15) is 28.1 Å². The molecule has 3 N–H and O–H groups in total. The lowest BCUT2D eigenvalue weighted by Crippen LogP contribution is -2.46. The Labute approximate surface area is 134 Å². The van der Waals surface area contributed by atoms with E-state index in [0.717, 1.165) is 11.1 Å². The number of amides is 1. The molecule has 0 spiro atoms. The molecule has 1 aromatic rings. The van der Waals surface area contributed by atoms with Crippen LogP contribution < -0.4 is 11.1 Å². The standard InChI is InChI=1S/C12H15F3N6O3/c13-12(14,15)10(22)20-3-1-7(2-4-20)5-17-11-18-6-8(21(23)24)9(16)19-11/h6-7H,1-5H2,(H3,16,17,18,19). The molecule has 0 atom stereocenters. The second-order valence-electron chi connectivity index (χ2n) is 5.34. The van der Waals surface area contributed by atoms with Gasteiger partial charge in [0.05, 0.1) is 4.92 Å². The van der Waals surface area contributed by atoms with Crippen LogP contribution in [0.15, 0.2) is 6.20 Å². The maximum atomic E-state index is 12.3. The molecule has 12 heteroatoms. The molecule has 2 rings (SSSR count). The fourth-order valence-corrected chi connectivity index (χ4v) is 2.37. The molecule has 1 aliphatic rings. The first-order valence-electron chi connectivity index (χ1n) is 7.05. The zero-order chi connectivity index (χ0) is 17.9. The zero-order valence-corrected chi connectivity index (χ0v) is 12.4. The summed E-state index contributed by atoms with van der Waals surface area (Å²) in [6.07, 6.45) is -3.07. The molecular formula is C12H15F3N6O3. The summed E-state index contributed by atoms with van der Waals surface area (Å²) >= 11 is 0. The van der Waals surface area contributed by atoms with Crippen LogP contribution in [0.2, 0.25) is 0 Å². The highest BCUT2D eigenvalue weighted by Gasteiger charge is 2.43. The van der Waals surface area contributed by atoms with Crippen molar-refractivity contribution >= 4 is 23.4 Å². The Morgan fingerprint density at radius 2 is 2.08 bits per heavy atom. The quantitative estimate of drug-likeness (QED) is 0.618. The number of alkyl halides is 3. The number of hydrogen-bond acceptors (Lipinski definition) is 7. The van der Waals surface area contributed by atoms with Gasteiger partial charge in [-0.3, -0.25) is 14.9 Å². The predicted molar refractivity (Wildman–Crippen MR) is 76.9 cm³/mol. The van der Waals surface area contributed by atoms with Crippen molar-refractivity contribution in [1.82, 2.24) is 14.9 Å². The zero-order valence-electron chi connectivity index (χ0n) is 12.4. The minimum atomic E-state index is -4.85. The molecule has 1 aliphatic heterocycles. The van der Waals surface area contributed by atoms with Crippen molar-refractivity contribution in [2.75, 3.05) is 30.7 Å². The van der Waals surface area contributed by atoms with Crippen molar-refractivity contribution in [3.05, 3.63) is 16.3 Å². The third kappa shape index (κ3) is 4.20. The highest BCUT2D eigenvalue weighted by molar-refractivity contribution is 5.81. The third-order valence-electron chi connectivity index (χ3n) is 3.69. The van der Waals surface area contributed by atoms with Crippen molar-refractivity contribution in [1.29, 1.82) is 0 Å². The Morgan fingerprint density at radius 3 is 2.58 bits per heavy atom. The predicted octanol–water partition coefficient (Wildman–Crippen LogP) is 1.18. The van der Waals surface area contributed by atoms with Gasteiger partial charge in [0.15, 0.2) is 0 Å². The van der Waals surface area contributed by atoms with E-state index >= 15 is 0 Å². The summed E-state index contributed by atoms with van der Waals surface area (Å²) in [4.78, 5) is 29.3. The molecular weight excluding hydrogens is 333 g/mol. The van der Waals surface area contributed by atoms with Crippen molar-refractivity contribution < 1.29 is 22.9 Å². The van der Waals surface area contributed by atoms with Gasteiger partial charge in [-0.2, -0.15) is 18.2 Å². The molecule has 1 amide bonds. The van der Waals surface area contributed by atoms with Crippen LogP contribution in [0.5, 0.6) is 0 Å². The topological polar surface area (TPSA) is 127 Å².